The Labute approximate surface area is 121 Å². The zero-order chi connectivity index (χ0) is 14.4. The fourth-order valence-electron chi connectivity index (χ4n) is 3.00. The topological polar surface area (TPSA) is 38.3 Å². The van der Waals surface area contributed by atoms with Crippen LogP contribution in [0.4, 0.5) is 0 Å². The summed E-state index contributed by atoms with van der Waals surface area (Å²) in [6.07, 6.45) is 6.59. The van der Waals surface area contributed by atoms with Gasteiger partial charge in [0.2, 0.25) is 5.91 Å². The molecule has 3 heteroatoms. The number of nitrogens with one attached hydrogen (secondary N) is 1. The Balaban J connectivity index is 1.89. The molecule has 2 rings (SSSR count). The van der Waals surface area contributed by atoms with Gasteiger partial charge in [-0.05, 0) is 30.4 Å². The van der Waals surface area contributed by atoms with E-state index in [9.17, 15) is 4.79 Å². The number of rotatable bonds is 5. The van der Waals surface area contributed by atoms with Crippen molar-refractivity contribution in [2.24, 2.45) is 0 Å². The fourth-order valence-corrected chi connectivity index (χ4v) is 3.00. The first-order valence-electron chi connectivity index (χ1n) is 7.63. The molecule has 20 heavy (non-hydrogen) atoms. The van der Waals surface area contributed by atoms with Crippen molar-refractivity contribution >= 4 is 5.91 Å². The third-order valence-corrected chi connectivity index (χ3v) is 4.13. The molecule has 1 N–H and O–H groups in total. The van der Waals surface area contributed by atoms with E-state index in [1.807, 2.05) is 24.3 Å². The summed E-state index contributed by atoms with van der Waals surface area (Å²) in [5.41, 5.74) is 1.11. The van der Waals surface area contributed by atoms with E-state index < -0.39 is 0 Å². The molecule has 0 aromatic heterocycles. The first-order valence-corrected chi connectivity index (χ1v) is 7.63. The van der Waals surface area contributed by atoms with Gasteiger partial charge >= 0.3 is 0 Å². The van der Waals surface area contributed by atoms with Crippen molar-refractivity contribution in [1.82, 2.24) is 5.32 Å². The monoisotopic (exact) mass is 275 g/mol. The average molecular weight is 275 g/mol. The predicted octanol–water partition coefficient (Wildman–Crippen LogP) is 3.64. The Hall–Kier alpha value is -1.51. The molecule has 1 atom stereocenters. The molecule has 0 saturated heterocycles. The van der Waals surface area contributed by atoms with Gasteiger partial charge in [0.1, 0.15) is 5.75 Å². The Morgan fingerprint density at radius 3 is 2.70 bits per heavy atom. The lowest BCUT2D eigenvalue weighted by Gasteiger charge is -2.23. The van der Waals surface area contributed by atoms with Gasteiger partial charge in [0.05, 0.1) is 7.11 Å². The summed E-state index contributed by atoms with van der Waals surface area (Å²) in [6, 6.07) is 8.33. The van der Waals surface area contributed by atoms with Crippen molar-refractivity contribution in [3.05, 3.63) is 29.8 Å². The summed E-state index contributed by atoms with van der Waals surface area (Å²) in [7, 11) is 1.67. The molecule has 1 saturated carbocycles. The van der Waals surface area contributed by atoms with E-state index in [0.29, 0.717) is 12.5 Å². The maximum absolute atomic E-state index is 12.1. The summed E-state index contributed by atoms with van der Waals surface area (Å²) in [6.45, 7) is 2.08. The molecule has 0 heterocycles. The third kappa shape index (κ3) is 3.99. The first-order chi connectivity index (χ1) is 9.70. The Morgan fingerprint density at radius 1 is 1.30 bits per heavy atom. The molecule has 1 aliphatic rings. The number of amides is 1. The number of ether oxygens (including phenoxy) is 1. The molecule has 110 valence electrons. The molecule has 0 bridgehead atoms. The molecule has 3 nitrogen and oxygen atoms in total. The molecule has 1 aromatic carbocycles. The number of methoxy groups -OCH3 is 1. The van der Waals surface area contributed by atoms with Crippen LogP contribution >= 0.6 is 0 Å². The highest BCUT2D eigenvalue weighted by Gasteiger charge is 2.19. The van der Waals surface area contributed by atoms with Gasteiger partial charge in [0.15, 0.2) is 0 Å². The summed E-state index contributed by atoms with van der Waals surface area (Å²) in [4.78, 5) is 12.1. The summed E-state index contributed by atoms with van der Waals surface area (Å²) in [5.74, 6) is 1.20. The van der Waals surface area contributed by atoms with Gasteiger partial charge in [0.25, 0.3) is 0 Å². The number of para-hydroxylation sites is 1. The maximum Gasteiger partial charge on any atom is 0.220 e. The smallest absolute Gasteiger partial charge is 0.220 e. The van der Waals surface area contributed by atoms with Crippen LogP contribution in [-0.2, 0) is 4.79 Å². The highest BCUT2D eigenvalue weighted by molar-refractivity contribution is 5.77. The van der Waals surface area contributed by atoms with Crippen molar-refractivity contribution < 1.29 is 9.53 Å². The van der Waals surface area contributed by atoms with Gasteiger partial charge in [-0.1, -0.05) is 44.4 Å². The van der Waals surface area contributed by atoms with Gasteiger partial charge in [-0.25, -0.2) is 0 Å². The van der Waals surface area contributed by atoms with Crippen LogP contribution in [-0.4, -0.2) is 19.1 Å². The number of benzene rings is 1. The van der Waals surface area contributed by atoms with Crippen molar-refractivity contribution in [3.63, 3.8) is 0 Å². The zero-order valence-corrected chi connectivity index (χ0v) is 12.5. The predicted molar refractivity (Wildman–Crippen MR) is 81.0 cm³/mol. The van der Waals surface area contributed by atoms with Gasteiger partial charge in [-0.2, -0.15) is 0 Å². The number of hydrogen-bond acceptors (Lipinski definition) is 2. The Kier molecular flexibility index (Phi) is 5.45. The normalized spacial score (nSPS) is 17.5. The van der Waals surface area contributed by atoms with E-state index in [4.69, 9.17) is 4.74 Å². The minimum atomic E-state index is 0.162. The Bertz CT molecular complexity index is 438. The quantitative estimate of drug-likeness (QED) is 0.891. The van der Waals surface area contributed by atoms with E-state index in [1.54, 1.807) is 7.11 Å². The van der Waals surface area contributed by atoms with E-state index in [2.05, 4.69) is 12.2 Å². The molecule has 0 unspecified atom stereocenters. The van der Waals surface area contributed by atoms with Crippen molar-refractivity contribution in [1.29, 1.82) is 0 Å². The van der Waals surface area contributed by atoms with E-state index in [-0.39, 0.29) is 11.8 Å². The van der Waals surface area contributed by atoms with Crippen LogP contribution in [0.15, 0.2) is 24.3 Å². The standard InChI is InChI=1S/C17H25NO2/c1-13(15-10-6-7-11-16(15)20-2)12-17(19)18-14-8-4-3-5-9-14/h6-7,10-11,13-14H,3-5,8-9,12H2,1-2H3,(H,18,19)/t13-/m0/s1. The lowest BCUT2D eigenvalue weighted by atomic mass is 9.93. The van der Waals surface area contributed by atoms with Crippen molar-refractivity contribution in [2.45, 2.75) is 57.4 Å². The second-order valence-corrected chi connectivity index (χ2v) is 5.75. The second kappa shape index (κ2) is 7.32. The van der Waals surface area contributed by atoms with Crippen LogP contribution in [0.1, 0.15) is 56.9 Å². The van der Waals surface area contributed by atoms with Crippen molar-refractivity contribution in [3.8, 4) is 5.75 Å². The van der Waals surface area contributed by atoms with Crippen LogP contribution < -0.4 is 10.1 Å². The van der Waals surface area contributed by atoms with Crippen LogP contribution in [0, 0.1) is 0 Å². The van der Waals surface area contributed by atoms with Crippen LogP contribution in [0.25, 0.3) is 0 Å². The van der Waals surface area contributed by atoms with Gasteiger partial charge < -0.3 is 10.1 Å². The molecule has 1 fully saturated rings. The number of carbonyl (C=O) groups excluding carboxylic acids is 1. The summed E-state index contributed by atoms with van der Waals surface area (Å²) in [5, 5.41) is 3.18. The van der Waals surface area contributed by atoms with Crippen LogP contribution in [0.2, 0.25) is 0 Å². The van der Waals surface area contributed by atoms with Gasteiger partial charge in [-0.15, -0.1) is 0 Å². The third-order valence-electron chi connectivity index (χ3n) is 4.13. The second-order valence-electron chi connectivity index (χ2n) is 5.75. The maximum atomic E-state index is 12.1. The highest BCUT2D eigenvalue weighted by Crippen LogP contribution is 2.28. The van der Waals surface area contributed by atoms with Gasteiger partial charge in [-0.3, -0.25) is 4.79 Å². The molecule has 1 aromatic rings. The summed E-state index contributed by atoms with van der Waals surface area (Å²) < 4.78 is 5.37. The molecule has 0 radical (unpaired) electrons. The van der Waals surface area contributed by atoms with Gasteiger partial charge in [0, 0.05) is 12.5 Å². The average Bonchev–Trinajstić information content (AvgIpc) is 2.48. The molecular formula is C17H25NO2. The number of hydrogen-bond donors (Lipinski definition) is 1. The minimum absolute atomic E-state index is 0.162. The zero-order valence-electron chi connectivity index (χ0n) is 12.5. The number of carbonyl (C=O) groups is 1. The lowest BCUT2D eigenvalue weighted by molar-refractivity contribution is -0.122. The van der Waals surface area contributed by atoms with E-state index >= 15 is 0 Å². The van der Waals surface area contributed by atoms with E-state index in [1.165, 1.54) is 19.3 Å². The molecule has 1 amide bonds. The van der Waals surface area contributed by atoms with Crippen LogP contribution in [0.5, 0.6) is 5.75 Å². The van der Waals surface area contributed by atoms with E-state index in [0.717, 1.165) is 24.2 Å². The Morgan fingerprint density at radius 2 is 2.00 bits per heavy atom. The first kappa shape index (κ1) is 14.9. The molecule has 0 spiro atoms. The molecular weight excluding hydrogens is 250 g/mol. The largest absolute Gasteiger partial charge is 0.496 e. The fraction of sp³-hybridized carbons (Fsp3) is 0.588. The molecule has 0 aliphatic heterocycles. The lowest BCUT2D eigenvalue weighted by Crippen LogP contribution is -2.36. The van der Waals surface area contributed by atoms with Crippen molar-refractivity contribution in [2.75, 3.05) is 7.11 Å². The SMILES string of the molecule is COc1ccccc1[C@@H](C)CC(=O)NC1CCCCC1. The van der Waals surface area contributed by atoms with Crippen LogP contribution in [0.3, 0.4) is 0 Å². The highest BCUT2D eigenvalue weighted by atomic mass is 16.5. The summed E-state index contributed by atoms with van der Waals surface area (Å²) >= 11 is 0. The molecule has 1 aliphatic carbocycles. The minimum Gasteiger partial charge on any atom is -0.496 e.